The minimum absolute atomic E-state index is 0.0663. The molecule has 0 saturated carbocycles. The summed E-state index contributed by atoms with van der Waals surface area (Å²) in [5.74, 6) is -0.0869. The number of nitrogens with one attached hydrogen (secondary N) is 1. The van der Waals surface area contributed by atoms with E-state index in [1.54, 1.807) is 6.92 Å². The second-order valence-corrected chi connectivity index (χ2v) is 5.87. The second kappa shape index (κ2) is 9.92. The summed E-state index contributed by atoms with van der Waals surface area (Å²) < 4.78 is 11.7. The maximum atomic E-state index is 12.0. The van der Waals surface area contributed by atoms with E-state index in [2.05, 4.69) is 33.4 Å². The molecule has 0 unspecified atom stereocenters. The number of ether oxygens (including phenoxy) is 2. The van der Waals surface area contributed by atoms with Gasteiger partial charge in [-0.2, -0.15) is 0 Å². The Morgan fingerprint density at radius 2 is 1.90 bits per heavy atom. The van der Waals surface area contributed by atoms with Crippen molar-refractivity contribution in [2.45, 2.75) is 39.3 Å². The molecule has 0 fully saturated rings. The van der Waals surface area contributed by atoms with E-state index < -0.39 is 6.10 Å². The summed E-state index contributed by atoms with van der Waals surface area (Å²) in [5.41, 5.74) is 1.19. The van der Waals surface area contributed by atoms with Crippen molar-refractivity contribution in [3.8, 4) is 0 Å². The van der Waals surface area contributed by atoms with E-state index in [4.69, 9.17) is 9.47 Å². The fourth-order valence-electron chi connectivity index (χ4n) is 1.89. The van der Waals surface area contributed by atoms with E-state index in [0.717, 1.165) is 10.9 Å². The van der Waals surface area contributed by atoms with Gasteiger partial charge in [0.1, 0.15) is 6.10 Å². The van der Waals surface area contributed by atoms with Crippen molar-refractivity contribution in [3.05, 3.63) is 34.3 Å². The van der Waals surface area contributed by atoms with Gasteiger partial charge in [0.25, 0.3) is 0 Å². The Balaban J connectivity index is 2.30. The van der Waals surface area contributed by atoms with Gasteiger partial charge in [0, 0.05) is 17.1 Å². The molecule has 4 nitrogen and oxygen atoms in total. The Bertz CT molecular complexity index is 422. The summed E-state index contributed by atoms with van der Waals surface area (Å²) in [5, 5.41) is 2.97. The Morgan fingerprint density at radius 3 is 2.52 bits per heavy atom. The van der Waals surface area contributed by atoms with E-state index in [-0.39, 0.29) is 11.9 Å². The van der Waals surface area contributed by atoms with E-state index in [1.807, 2.05) is 26.0 Å². The van der Waals surface area contributed by atoms with Crippen LogP contribution in [0.3, 0.4) is 0 Å². The molecule has 0 radical (unpaired) electrons. The molecule has 0 bridgehead atoms. The minimum atomic E-state index is -0.460. The molecule has 0 aliphatic heterocycles. The smallest absolute Gasteiger partial charge is 0.249 e. The van der Waals surface area contributed by atoms with E-state index in [0.29, 0.717) is 19.8 Å². The van der Waals surface area contributed by atoms with Gasteiger partial charge < -0.3 is 14.8 Å². The highest BCUT2D eigenvalue weighted by Crippen LogP contribution is 2.12. The van der Waals surface area contributed by atoms with Gasteiger partial charge in [-0.3, -0.25) is 4.79 Å². The van der Waals surface area contributed by atoms with Crippen molar-refractivity contribution in [1.29, 1.82) is 0 Å². The van der Waals surface area contributed by atoms with Gasteiger partial charge in [-0.15, -0.1) is 0 Å². The van der Waals surface area contributed by atoms with Crippen LogP contribution < -0.4 is 5.32 Å². The fraction of sp³-hybridized carbons (Fsp3) is 0.562. The quantitative estimate of drug-likeness (QED) is 0.691. The number of hydrogen-bond donors (Lipinski definition) is 1. The number of halogens is 1. The van der Waals surface area contributed by atoms with E-state index in [9.17, 15) is 4.79 Å². The van der Waals surface area contributed by atoms with Gasteiger partial charge >= 0.3 is 0 Å². The molecular weight excluding hydrogens is 334 g/mol. The zero-order valence-corrected chi connectivity index (χ0v) is 14.5. The summed E-state index contributed by atoms with van der Waals surface area (Å²) in [4.78, 5) is 12.0. The molecule has 0 aliphatic rings. The van der Waals surface area contributed by atoms with Gasteiger partial charge in [0.05, 0.1) is 13.2 Å². The first-order valence-electron chi connectivity index (χ1n) is 7.27. The molecule has 1 aromatic rings. The number of rotatable bonds is 9. The van der Waals surface area contributed by atoms with Crippen LogP contribution in [0.15, 0.2) is 28.7 Å². The summed E-state index contributed by atoms with van der Waals surface area (Å²) >= 11 is 3.41. The van der Waals surface area contributed by atoms with Crippen molar-refractivity contribution in [3.63, 3.8) is 0 Å². The highest BCUT2D eigenvalue weighted by atomic mass is 79.9. The van der Waals surface area contributed by atoms with Crippen LogP contribution in [-0.2, 0) is 20.7 Å². The molecular formula is C16H24BrNO3. The monoisotopic (exact) mass is 357 g/mol. The van der Waals surface area contributed by atoms with Crippen LogP contribution in [0.2, 0.25) is 0 Å². The predicted molar refractivity (Wildman–Crippen MR) is 87.4 cm³/mol. The predicted octanol–water partition coefficient (Wildman–Crippen LogP) is 2.94. The van der Waals surface area contributed by atoms with Crippen molar-refractivity contribution < 1.29 is 14.3 Å². The van der Waals surface area contributed by atoms with Gasteiger partial charge in [-0.05, 0) is 44.9 Å². The molecule has 0 aliphatic carbocycles. The van der Waals surface area contributed by atoms with Gasteiger partial charge in [-0.25, -0.2) is 0 Å². The zero-order chi connectivity index (χ0) is 15.7. The summed E-state index contributed by atoms with van der Waals surface area (Å²) in [6.07, 6.45) is 0.336. The van der Waals surface area contributed by atoms with Crippen LogP contribution in [0.1, 0.15) is 26.3 Å². The number of hydrogen-bond acceptors (Lipinski definition) is 3. The molecule has 1 aromatic carbocycles. The van der Waals surface area contributed by atoms with Crippen LogP contribution in [0, 0.1) is 0 Å². The lowest BCUT2D eigenvalue weighted by Gasteiger charge is -2.18. The first-order valence-corrected chi connectivity index (χ1v) is 8.06. The number of carbonyl (C=O) groups excluding carboxylic acids is 1. The van der Waals surface area contributed by atoms with Crippen LogP contribution in [0.4, 0.5) is 0 Å². The Morgan fingerprint density at radius 1 is 1.24 bits per heavy atom. The molecule has 0 spiro atoms. The molecule has 0 aromatic heterocycles. The SMILES string of the molecule is CCOCCO[C@H](C)C(=O)N[C@H](C)Cc1ccc(Br)cc1. The van der Waals surface area contributed by atoms with Crippen LogP contribution in [-0.4, -0.2) is 37.9 Å². The molecule has 0 saturated heterocycles. The molecule has 1 rings (SSSR count). The lowest BCUT2D eigenvalue weighted by molar-refractivity contribution is -0.133. The summed E-state index contributed by atoms with van der Waals surface area (Å²) in [6, 6.07) is 8.17. The van der Waals surface area contributed by atoms with Gasteiger partial charge in [-0.1, -0.05) is 28.1 Å². The van der Waals surface area contributed by atoms with Crippen molar-refractivity contribution >= 4 is 21.8 Å². The molecule has 2 atom stereocenters. The van der Waals surface area contributed by atoms with Crippen molar-refractivity contribution in [2.24, 2.45) is 0 Å². The van der Waals surface area contributed by atoms with Crippen molar-refractivity contribution in [2.75, 3.05) is 19.8 Å². The van der Waals surface area contributed by atoms with Gasteiger partial charge in [0.2, 0.25) is 5.91 Å². The molecule has 118 valence electrons. The molecule has 0 heterocycles. The Labute approximate surface area is 135 Å². The maximum absolute atomic E-state index is 12.0. The highest BCUT2D eigenvalue weighted by Gasteiger charge is 2.15. The average molecular weight is 358 g/mol. The lowest BCUT2D eigenvalue weighted by Crippen LogP contribution is -2.41. The fourth-order valence-corrected chi connectivity index (χ4v) is 2.15. The number of carbonyl (C=O) groups is 1. The van der Waals surface area contributed by atoms with Crippen LogP contribution in [0.5, 0.6) is 0 Å². The average Bonchev–Trinajstić information content (AvgIpc) is 2.45. The third-order valence-corrected chi connectivity index (χ3v) is 3.54. The maximum Gasteiger partial charge on any atom is 0.249 e. The molecule has 21 heavy (non-hydrogen) atoms. The number of benzene rings is 1. The first kappa shape index (κ1) is 18.1. The van der Waals surface area contributed by atoms with Crippen LogP contribution in [0.25, 0.3) is 0 Å². The van der Waals surface area contributed by atoms with Crippen LogP contribution >= 0.6 is 15.9 Å². The third-order valence-electron chi connectivity index (χ3n) is 3.01. The number of amides is 1. The minimum Gasteiger partial charge on any atom is -0.379 e. The standard InChI is InChI=1S/C16H24BrNO3/c1-4-20-9-10-21-13(3)16(19)18-12(2)11-14-5-7-15(17)8-6-14/h5-8,12-13H,4,9-11H2,1-3H3,(H,18,19)/t12-,13-/m1/s1. The summed E-state index contributed by atoms with van der Waals surface area (Å²) in [6.45, 7) is 7.29. The van der Waals surface area contributed by atoms with Gasteiger partial charge in [0.15, 0.2) is 0 Å². The molecule has 1 N–H and O–H groups in total. The lowest BCUT2D eigenvalue weighted by atomic mass is 10.1. The largest absolute Gasteiger partial charge is 0.379 e. The molecule has 5 heteroatoms. The van der Waals surface area contributed by atoms with Crippen molar-refractivity contribution in [1.82, 2.24) is 5.32 Å². The summed E-state index contributed by atoms with van der Waals surface area (Å²) in [7, 11) is 0. The topological polar surface area (TPSA) is 47.6 Å². The second-order valence-electron chi connectivity index (χ2n) is 4.95. The molecule has 1 amide bonds. The Hall–Kier alpha value is -0.910. The normalized spacial score (nSPS) is 13.7. The third kappa shape index (κ3) is 7.60. The van der Waals surface area contributed by atoms with E-state index in [1.165, 1.54) is 5.56 Å². The Kier molecular flexibility index (Phi) is 8.57. The highest BCUT2D eigenvalue weighted by molar-refractivity contribution is 9.10. The van der Waals surface area contributed by atoms with E-state index >= 15 is 0 Å². The first-order chi connectivity index (χ1) is 10.0. The zero-order valence-electron chi connectivity index (χ0n) is 12.9.